The molecule has 2 atom stereocenters. The highest BCUT2D eigenvalue weighted by Crippen LogP contribution is 2.15. The van der Waals surface area contributed by atoms with Crippen molar-refractivity contribution in [3.63, 3.8) is 0 Å². The average Bonchev–Trinajstić information content (AvgIpc) is 2.36. The number of rotatable bonds is 8. The summed E-state index contributed by atoms with van der Waals surface area (Å²) in [4.78, 5) is 0. The third-order valence-electron chi connectivity index (χ3n) is 3.05. The molecule has 1 aromatic rings. The molecule has 3 heteroatoms. The van der Waals surface area contributed by atoms with Gasteiger partial charge in [-0.25, -0.2) is 0 Å². The highest BCUT2D eigenvalue weighted by atomic mass is 16.5. The Kier molecular flexibility index (Phi) is 6.76. The molecule has 0 saturated carbocycles. The number of hydrogen-bond acceptors (Lipinski definition) is 3. The van der Waals surface area contributed by atoms with Crippen molar-refractivity contribution in [2.24, 2.45) is 0 Å². The number of benzene rings is 1. The largest absolute Gasteiger partial charge is 0.489 e. The molecule has 0 aromatic heterocycles. The van der Waals surface area contributed by atoms with Gasteiger partial charge in [-0.05, 0) is 38.0 Å². The SMILES string of the molecule is CCC(C)NCC(CCO)Oc1cccc(C)c1. The molecule has 0 aliphatic heterocycles. The van der Waals surface area contributed by atoms with Gasteiger partial charge < -0.3 is 15.2 Å². The number of aliphatic hydroxyl groups excluding tert-OH is 1. The van der Waals surface area contributed by atoms with Gasteiger partial charge in [0.2, 0.25) is 0 Å². The molecular formula is C15H25NO2. The lowest BCUT2D eigenvalue weighted by molar-refractivity contribution is 0.149. The predicted molar refractivity (Wildman–Crippen MR) is 75.1 cm³/mol. The van der Waals surface area contributed by atoms with E-state index < -0.39 is 0 Å². The zero-order valence-corrected chi connectivity index (χ0v) is 11.6. The first-order chi connectivity index (χ1) is 8.65. The summed E-state index contributed by atoms with van der Waals surface area (Å²) in [6, 6.07) is 8.50. The molecule has 2 unspecified atom stereocenters. The molecule has 0 bridgehead atoms. The lowest BCUT2D eigenvalue weighted by Gasteiger charge is -2.21. The van der Waals surface area contributed by atoms with Gasteiger partial charge in [0.05, 0.1) is 0 Å². The molecule has 0 amide bonds. The Morgan fingerprint density at radius 3 is 2.78 bits per heavy atom. The van der Waals surface area contributed by atoms with E-state index in [1.54, 1.807) is 0 Å². The fourth-order valence-electron chi connectivity index (χ4n) is 1.70. The fourth-order valence-corrected chi connectivity index (χ4v) is 1.70. The standard InChI is InChI=1S/C15H25NO2/c1-4-13(3)16-11-15(8-9-17)18-14-7-5-6-12(2)10-14/h5-7,10,13,15-17H,4,8-9,11H2,1-3H3. The molecule has 1 rings (SSSR count). The van der Waals surface area contributed by atoms with Gasteiger partial charge in [0, 0.05) is 25.6 Å². The van der Waals surface area contributed by atoms with Crippen molar-refractivity contribution >= 4 is 0 Å². The summed E-state index contributed by atoms with van der Waals surface area (Å²) in [6.45, 7) is 7.27. The molecular weight excluding hydrogens is 226 g/mol. The molecule has 2 N–H and O–H groups in total. The van der Waals surface area contributed by atoms with Gasteiger partial charge in [0.15, 0.2) is 0 Å². The molecule has 18 heavy (non-hydrogen) atoms. The van der Waals surface area contributed by atoms with Crippen LogP contribution >= 0.6 is 0 Å². The Labute approximate surface area is 110 Å². The second-order valence-electron chi connectivity index (χ2n) is 4.79. The maximum atomic E-state index is 9.08. The maximum Gasteiger partial charge on any atom is 0.120 e. The summed E-state index contributed by atoms with van der Waals surface area (Å²) in [5, 5.41) is 12.5. The van der Waals surface area contributed by atoms with E-state index in [1.165, 1.54) is 5.56 Å². The summed E-state index contributed by atoms with van der Waals surface area (Å²) in [7, 11) is 0. The molecule has 1 aromatic carbocycles. The Balaban J connectivity index is 2.51. The molecule has 0 saturated heterocycles. The van der Waals surface area contributed by atoms with Crippen LogP contribution in [0.2, 0.25) is 0 Å². The molecule has 0 heterocycles. The van der Waals surface area contributed by atoms with Gasteiger partial charge in [-0.2, -0.15) is 0 Å². The second kappa shape index (κ2) is 8.11. The van der Waals surface area contributed by atoms with E-state index in [1.807, 2.05) is 31.2 Å². The molecule has 0 radical (unpaired) electrons. The number of nitrogens with one attached hydrogen (secondary N) is 1. The van der Waals surface area contributed by atoms with Crippen LogP contribution in [0.5, 0.6) is 5.75 Å². The van der Waals surface area contributed by atoms with E-state index in [-0.39, 0.29) is 12.7 Å². The minimum Gasteiger partial charge on any atom is -0.489 e. The number of hydrogen-bond donors (Lipinski definition) is 2. The number of aryl methyl sites for hydroxylation is 1. The van der Waals surface area contributed by atoms with Crippen LogP contribution in [-0.4, -0.2) is 30.4 Å². The highest BCUT2D eigenvalue weighted by Gasteiger charge is 2.11. The maximum absolute atomic E-state index is 9.08. The van der Waals surface area contributed by atoms with Gasteiger partial charge in [-0.3, -0.25) is 0 Å². The average molecular weight is 251 g/mol. The van der Waals surface area contributed by atoms with Gasteiger partial charge in [-0.15, -0.1) is 0 Å². The minimum absolute atomic E-state index is 0.0193. The number of ether oxygens (including phenoxy) is 1. The Hall–Kier alpha value is -1.06. The van der Waals surface area contributed by atoms with E-state index in [4.69, 9.17) is 9.84 Å². The zero-order chi connectivity index (χ0) is 13.4. The molecule has 3 nitrogen and oxygen atoms in total. The van der Waals surface area contributed by atoms with Crippen molar-refractivity contribution < 1.29 is 9.84 Å². The third kappa shape index (κ3) is 5.52. The lowest BCUT2D eigenvalue weighted by atomic mass is 10.2. The van der Waals surface area contributed by atoms with E-state index >= 15 is 0 Å². The zero-order valence-electron chi connectivity index (χ0n) is 11.6. The van der Waals surface area contributed by atoms with E-state index in [9.17, 15) is 0 Å². The first-order valence-corrected chi connectivity index (χ1v) is 6.73. The minimum atomic E-state index is 0.0193. The lowest BCUT2D eigenvalue weighted by Crippen LogP contribution is -2.36. The van der Waals surface area contributed by atoms with Crippen molar-refractivity contribution in [2.45, 2.75) is 45.8 Å². The van der Waals surface area contributed by atoms with Crippen LogP contribution < -0.4 is 10.1 Å². The highest BCUT2D eigenvalue weighted by molar-refractivity contribution is 5.27. The quantitative estimate of drug-likeness (QED) is 0.746. The Morgan fingerprint density at radius 1 is 1.39 bits per heavy atom. The molecule has 0 aliphatic rings. The molecule has 102 valence electrons. The monoisotopic (exact) mass is 251 g/mol. The summed E-state index contributed by atoms with van der Waals surface area (Å²) < 4.78 is 5.91. The smallest absolute Gasteiger partial charge is 0.120 e. The Bertz CT molecular complexity index is 341. The summed E-state index contributed by atoms with van der Waals surface area (Å²) in [6.07, 6.45) is 1.76. The Morgan fingerprint density at radius 2 is 2.17 bits per heavy atom. The normalized spacial score (nSPS) is 14.2. The topological polar surface area (TPSA) is 41.5 Å². The summed E-state index contributed by atoms with van der Waals surface area (Å²) in [5.41, 5.74) is 1.19. The van der Waals surface area contributed by atoms with E-state index in [2.05, 4.69) is 19.2 Å². The third-order valence-corrected chi connectivity index (χ3v) is 3.05. The van der Waals surface area contributed by atoms with Crippen molar-refractivity contribution in [1.29, 1.82) is 0 Å². The van der Waals surface area contributed by atoms with Crippen LogP contribution in [0.3, 0.4) is 0 Å². The van der Waals surface area contributed by atoms with Gasteiger partial charge >= 0.3 is 0 Å². The first-order valence-electron chi connectivity index (χ1n) is 6.73. The number of aliphatic hydroxyl groups is 1. The van der Waals surface area contributed by atoms with Crippen LogP contribution in [0.1, 0.15) is 32.3 Å². The second-order valence-corrected chi connectivity index (χ2v) is 4.79. The van der Waals surface area contributed by atoms with Crippen LogP contribution in [0.4, 0.5) is 0 Å². The van der Waals surface area contributed by atoms with Crippen LogP contribution in [0, 0.1) is 6.92 Å². The van der Waals surface area contributed by atoms with Gasteiger partial charge in [-0.1, -0.05) is 19.1 Å². The van der Waals surface area contributed by atoms with Gasteiger partial charge in [0.1, 0.15) is 11.9 Å². The van der Waals surface area contributed by atoms with E-state index in [0.29, 0.717) is 12.5 Å². The van der Waals surface area contributed by atoms with Crippen LogP contribution in [0.25, 0.3) is 0 Å². The van der Waals surface area contributed by atoms with Crippen LogP contribution in [-0.2, 0) is 0 Å². The van der Waals surface area contributed by atoms with Crippen molar-refractivity contribution in [3.8, 4) is 5.75 Å². The first kappa shape index (κ1) is 15.0. The van der Waals surface area contributed by atoms with Crippen molar-refractivity contribution in [2.75, 3.05) is 13.2 Å². The molecule has 0 fully saturated rings. The van der Waals surface area contributed by atoms with Crippen molar-refractivity contribution in [3.05, 3.63) is 29.8 Å². The van der Waals surface area contributed by atoms with E-state index in [0.717, 1.165) is 18.7 Å². The summed E-state index contributed by atoms with van der Waals surface area (Å²) >= 11 is 0. The van der Waals surface area contributed by atoms with Crippen molar-refractivity contribution in [1.82, 2.24) is 5.32 Å². The fraction of sp³-hybridized carbons (Fsp3) is 0.600. The predicted octanol–water partition coefficient (Wildman–Crippen LogP) is 2.51. The van der Waals surface area contributed by atoms with Crippen LogP contribution in [0.15, 0.2) is 24.3 Å². The van der Waals surface area contributed by atoms with Gasteiger partial charge in [0.25, 0.3) is 0 Å². The molecule has 0 spiro atoms. The molecule has 0 aliphatic carbocycles. The summed E-state index contributed by atoms with van der Waals surface area (Å²) in [5.74, 6) is 0.874.